The van der Waals surface area contributed by atoms with Gasteiger partial charge in [-0.25, -0.2) is 0 Å². The number of benzene rings is 2. The molecule has 2 aromatic carbocycles. The molecule has 20 heavy (non-hydrogen) atoms. The molecule has 0 bridgehead atoms. The fourth-order valence-electron chi connectivity index (χ4n) is 2.17. The quantitative estimate of drug-likeness (QED) is 0.813. The molecule has 3 rings (SSSR count). The molecule has 0 radical (unpaired) electrons. The Morgan fingerprint density at radius 1 is 1.30 bits per heavy atom. The number of amides is 1. The summed E-state index contributed by atoms with van der Waals surface area (Å²) in [5, 5.41) is 2.85. The number of anilines is 2. The first-order valence-electron chi connectivity index (χ1n) is 6.24. The van der Waals surface area contributed by atoms with Gasteiger partial charge in [-0.2, -0.15) is 0 Å². The SMILES string of the molecule is Nc1cc(NC(=O)C2Cc3ccccc3S2)ccc1Br. The Balaban J connectivity index is 1.71. The van der Waals surface area contributed by atoms with Crippen LogP contribution in [-0.4, -0.2) is 11.2 Å². The van der Waals surface area contributed by atoms with E-state index in [4.69, 9.17) is 5.73 Å². The molecule has 1 aliphatic heterocycles. The van der Waals surface area contributed by atoms with Gasteiger partial charge in [0.2, 0.25) is 5.91 Å². The van der Waals surface area contributed by atoms with Crippen LogP contribution >= 0.6 is 27.7 Å². The highest BCUT2D eigenvalue weighted by Crippen LogP contribution is 2.37. The fraction of sp³-hybridized carbons (Fsp3) is 0.133. The van der Waals surface area contributed by atoms with Gasteiger partial charge in [-0.1, -0.05) is 18.2 Å². The minimum absolute atomic E-state index is 0.0212. The molecule has 0 saturated carbocycles. The second-order valence-corrected chi connectivity index (χ2v) is 6.74. The number of nitrogens with one attached hydrogen (secondary N) is 1. The summed E-state index contributed by atoms with van der Waals surface area (Å²) >= 11 is 4.96. The second-order valence-electron chi connectivity index (χ2n) is 4.64. The van der Waals surface area contributed by atoms with Crippen molar-refractivity contribution in [2.75, 3.05) is 11.1 Å². The lowest BCUT2D eigenvalue weighted by Crippen LogP contribution is -2.24. The highest BCUT2D eigenvalue weighted by Gasteiger charge is 2.27. The van der Waals surface area contributed by atoms with E-state index in [0.717, 1.165) is 16.6 Å². The summed E-state index contributed by atoms with van der Waals surface area (Å²) < 4.78 is 0.832. The van der Waals surface area contributed by atoms with E-state index in [2.05, 4.69) is 33.4 Å². The Hall–Kier alpha value is -1.46. The van der Waals surface area contributed by atoms with Crippen molar-refractivity contribution < 1.29 is 4.79 Å². The average Bonchev–Trinajstić information content (AvgIpc) is 2.87. The largest absolute Gasteiger partial charge is 0.398 e. The molecule has 1 heterocycles. The van der Waals surface area contributed by atoms with E-state index in [9.17, 15) is 4.79 Å². The average molecular weight is 349 g/mol. The molecule has 2 aromatic rings. The Morgan fingerprint density at radius 3 is 2.85 bits per heavy atom. The van der Waals surface area contributed by atoms with Crippen molar-refractivity contribution in [3.05, 3.63) is 52.5 Å². The predicted molar refractivity (Wildman–Crippen MR) is 87.0 cm³/mol. The van der Waals surface area contributed by atoms with Gasteiger partial charge in [0.25, 0.3) is 0 Å². The lowest BCUT2D eigenvalue weighted by atomic mass is 10.1. The van der Waals surface area contributed by atoms with Crippen molar-refractivity contribution in [2.24, 2.45) is 0 Å². The number of hydrogen-bond acceptors (Lipinski definition) is 3. The van der Waals surface area contributed by atoms with E-state index in [-0.39, 0.29) is 11.2 Å². The molecule has 0 spiro atoms. The Morgan fingerprint density at radius 2 is 2.10 bits per heavy atom. The van der Waals surface area contributed by atoms with Gasteiger partial charge < -0.3 is 11.1 Å². The number of fused-ring (bicyclic) bond motifs is 1. The van der Waals surface area contributed by atoms with Crippen molar-refractivity contribution >= 4 is 45.0 Å². The number of carbonyl (C=O) groups excluding carboxylic acids is 1. The molecule has 1 unspecified atom stereocenters. The third-order valence-corrected chi connectivity index (χ3v) is 5.24. The number of halogens is 1. The first-order chi connectivity index (χ1) is 9.63. The Labute approximate surface area is 130 Å². The van der Waals surface area contributed by atoms with Crippen LogP contribution in [0.4, 0.5) is 11.4 Å². The Kier molecular flexibility index (Phi) is 3.72. The zero-order chi connectivity index (χ0) is 14.1. The number of nitrogen functional groups attached to an aromatic ring is 1. The van der Waals surface area contributed by atoms with Gasteiger partial charge in [0.05, 0.1) is 5.25 Å². The van der Waals surface area contributed by atoms with Crippen LogP contribution < -0.4 is 11.1 Å². The zero-order valence-electron chi connectivity index (χ0n) is 10.6. The van der Waals surface area contributed by atoms with E-state index in [1.165, 1.54) is 10.5 Å². The van der Waals surface area contributed by atoms with E-state index < -0.39 is 0 Å². The van der Waals surface area contributed by atoms with Crippen molar-refractivity contribution in [2.45, 2.75) is 16.6 Å². The van der Waals surface area contributed by atoms with Crippen LogP contribution in [0.3, 0.4) is 0 Å². The van der Waals surface area contributed by atoms with Gasteiger partial charge in [-0.15, -0.1) is 11.8 Å². The molecule has 3 N–H and O–H groups in total. The highest BCUT2D eigenvalue weighted by atomic mass is 79.9. The maximum absolute atomic E-state index is 12.3. The molecule has 1 atom stereocenters. The zero-order valence-corrected chi connectivity index (χ0v) is 13.0. The summed E-state index contributed by atoms with van der Waals surface area (Å²) in [6, 6.07) is 13.6. The first-order valence-corrected chi connectivity index (χ1v) is 7.91. The molecular weight excluding hydrogens is 336 g/mol. The van der Waals surface area contributed by atoms with Crippen molar-refractivity contribution in [3.63, 3.8) is 0 Å². The van der Waals surface area contributed by atoms with E-state index >= 15 is 0 Å². The highest BCUT2D eigenvalue weighted by molar-refractivity contribution is 9.10. The second kappa shape index (κ2) is 5.50. The fourth-order valence-corrected chi connectivity index (χ4v) is 3.61. The third kappa shape index (κ3) is 2.69. The molecule has 5 heteroatoms. The summed E-state index contributed by atoms with van der Waals surface area (Å²) in [6.07, 6.45) is 0.776. The normalized spacial score (nSPS) is 16.8. The first kappa shape index (κ1) is 13.5. The summed E-state index contributed by atoms with van der Waals surface area (Å²) in [6.45, 7) is 0. The topological polar surface area (TPSA) is 55.1 Å². The molecule has 1 amide bonds. The summed E-state index contributed by atoms with van der Waals surface area (Å²) in [7, 11) is 0. The van der Waals surface area contributed by atoms with Crippen LogP contribution in [0.1, 0.15) is 5.56 Å². The van der Waals surface area contributed by atoms with Crippen LogP contribution in [0.25, 0.3) is 0 Å². The number of thioether (sulfide) groups is 1. The molecule has 0 saturated heterocycles. The van der Waals surface area contributed by atoms with Gasteiger partial charge in [-0.3, -0.25) is 4.79 Å². The summed E-state index contributed by atoms with van der Waals surface area (Å²) in [5.74, 6) is 0.0212. The van der Waals surface area contributed by atoms with Gasteiger partial charge in [-0.05, 0) is 52.2 Å². The van der Waals surface area contributed by atoms with Crippen LogP contribution in [0.15, 0.2) is 51.8 Å². The van der Waals surface area contributed by atoms with Crippen LogP contribution in [0, 0.1) is 0 Å². The van der Waals surface area contributed by atoms with E-state index in [1.54, 1.807) is 17.8 Å². The molecule has 102 valence electrons. The smallest absolute Gasteiger partial charge is 0.238 e. The molecule has 0 aliphatic carbocycles. The number of hydrogen-bond donors (Lipinski definition) is 2. The van der Waals surface area contributed by atoms with Crippen LogP contribution in [0.2, 0.25) is 0 Å². The van der Waals surface area contributed by atoms with Crippen LogP contribution in [0.5, 0.6) is 0 Å². The molecule has 0 fully saturated rings. The standard InChI is InChI=1S/C15H13BrN2OS/c16-11-6-5-10(8-12(11)17)18-15(19)14-7-9-3-1-2-4-13(9)20-14/h1-6,8,14H,7,17H2,(H,18,19). The predicted octanol–water partition coefficient (Wildman–Crippen LogP) is 3.69. The summed E-state index contributed by atoms with van der Waals surface area (Å²) in [4.78, 5) is 13.5. The van der Waals surface area contributed by atoms with E-state index in [1.807, 2.05) is 24.3 Å². The maximum atomic E-state index is 12.3. The van der Waals surface area contributed by atoms with Gasteiger partial charge >= 0.3 is 0 Å². The van der Waals surface area contributed by atoms with Crippen molar-refractivity contribution in [1.82, 2.24) is 0 Å². The number of nitrogens with two attached hydrogens (primary N) is 1. The minimum atomic E-state index is -0.0720. The van der Waals surface area contributed by atoms with E-state index in [0.29, 0.717) is 5.69 Å². The molecule has 0 aromatic heterocycles. The lowest BCUT2D eigenvalue weighted by molar-refractivity contribution is -0.115. The Bertz CT molecular complexity index is 650. The monoisotopic (exact) mass is 348 g/mol. The number of carbonyl (C=O) groups is 1. The lowest BCUT2D eigenvalue weighted by Gasteiger charge is -2.11. The van der Waals surface area contributed by atoms with Crippen molar-refractivity contribution in [3.8, 4) is 0 Å². The van der Waals surface area contributed by atoms with Gasteiger partial charge in [0.1, 0.15) is 0 Å². The van der Waals surface area contributed by atoms with Gasteiger partial charge in [0, 0.05) is 20.7 Å². The molecule has 3 nitrogen and oxygen atoms in total. The number of rotatable bonds is 2. The summed E-state index contributed by atoms with van der Waals surface area (Å²) in [5.41, 5.74) is 8.40. The van der Waals surface area contributed by atoms with Crippen molar-refractivity contribution in [1.29, 1.82) is 0 Å². The van der Waals surface area contributed by atoms with Crippen LogP contribution in [-0.2, 0) is 11.2 Å². The molecule has 1 aliphatic rings. The van der Waals surface area contributed by atoms with Gasteiger partial charge in [0.15, 0.2) is 0 Å². The maximum Gasteiger partial charge on any atom is 0.238 e. The molecular formula is C15H13BrN2OS. The third-order valence-electron chi connectivity index (χ3n) is 3.20. The minimum Gasteiger partial charge on any atom is -0.398 e.